The van der Waals surface area contributed by atoms with Crippen LogP contribution in [-0.2, 0) is 0 Å². The van der Waals surface area contributed by atoms with E-state index in [1.807, 2.05) is 30.3 Å². The molecule has 2 aromatic rings. The van der Waals surface area contributed by atoms with Gasteiger partial charge in [-0.1, -0.05) is 18.2 Å². The summed E-state index contributed by atoms with van der Waals surface area (Å²) in [6.07, 6.45) is 3.41. The molecule has 4 N–H and O–H groups in total. The zero-order chi connectivity index (χ0) is 8.93. The lowest BCUT2D eigenvalue weighted by atomic mass is 10.3. The molecule has 1 aromatic carbocycles. The van der Waals surface area contributed by atoms with Crippen LogP contribution in [0.5, 0.6) is 0 Å². The largest absolute Gasteiger partial charge is 0.344 e. The SMILES string of the molecule is N.c1ccc(Nc2ncccn2)cc1. The Morgan fingerprint density at radius 3 is 2.14 bits per heavy atom. The van der Waals surface area contributed by atoms with Crippen LogP contribution in [0.25, 0.3) is 0 Å². The Morgan fingerprint density at radius 1 is 0.857 bits per heavy atom. The van der Waals surface area contributed by atoms with Crippen molar-refractivity contribution in [3.05, 3.63) is 48.8 Å². The second kappa shape index (κ2) is 4.94. The van der Waals surface area contributed by atoms with Crippen molar-refractivity contribution in [2.24, 2.45) is 0 Å². The van der Waals surface area contributed by atoms with Gasteiger partial charge in [0.05, 0.1) is 0 Å². The molecular weight excluding hydrogens is 176 g/mol. The summed E-state index contributed by atoms with van der Waals surface area (Å²) in [5.41, 5.74) is 0.994. The molecular formula is C10H12N4. The smallest absolute Gasteiger partial charge is 0.227 e. The summed E-state index contributed by atoms with van der Waals surface area (Å²) in [6, 6.07) is 11.6. The normalized spacial score (nSPS) is 8.86. The standard InChI is InChI=1S/C10H9N3.H3N/c1-2-5-9(6-3-1)13-10-11-7-4-8-12-10;/h1-8H,(H,11,12,13);1H3. The van der Waals surface area contributed by atoms with E-state index in [1.165, 1.54) is 0 Å². The molecule has 14 heavy (non-hydrogen) atoms. The van der Waals surface area contributed by atoms with Crippen LogP contribution in [0.15, 0.2) is 48.8 Å². The number of rotatable bonds is 2. The van der Waals surface area contributed by atoms with E-state index in [-0.39, 0.29) is 6.15 Å². The lowest BCUT2D eigenvalue weighted by Gasteiger charge is -2.02. The summed E-state index contributed by atoms with van der Waals surface area (Å²) < 4.78 is 0. The average molecular weight is 188 g/mol. The molecule has 72 valence electrons. The molecule has 0 aliphatic heterocycles. The van der Waals surface area contributed by atoms with Gasteiger partial charge in [0.25, 0.3) is 0 Å². The monoisotopic (exact) mass is 188 g/mol. The first kappa shape index (κ1) is 10.1. The van der Waals surface area contributed by atoms with E-state index in [9.17, 15) is 0 Å². The van der Waals surface area contributed by atoms with Crippen molar-refractivity contribution in [2.75, 3.05) is 5.32 Å². The van der Waals surface area contributed by atoms with Gasteiger partial charge in [-0.3, -0.25) is 0 Å². The van der Waals surface area contributed by atoms with Crippen LogP contribution in [0.3, 0.4) is 0 Å². The minimum atomic E-state index is 0. The van der Waals surface area contributed by atoms with Crippen LogP contribution in [-0.4, -0.2) is 9.97 Å². The number of benzene rings is 1. The third kappa shape index (κ3) is 2.53. The molecule has 0 saturated heterocycles. The molecule has 1 heterocycles. The maximum absolute atomic E-state index is 4.05. The van der Waals surface area contributed by atoms with E-state index < -0.39 is 0 Å². The highest BCUT2D eigenvalue weighted by Crippen LogP contribution is 2.09. The third-order valence-corrected chi connectivity index (χ3v) is 1.60. The Bertz CT molecular complexity index is 323. The van der Waals surface area contributed by atoms with Crippen LogP contribution in [0.2, 0.25) is 0 Å². The number of hydrogen-bond acceptors (Lipinski definition) is 4. The predicted octanol–water partition coefficient (Wildman–Crippen LogP) is 2.38. The van der Waals surface area contributed by atoms with Gasteiger partial charge in [0.2, 0.25) is 5.95 Å². The highest BCUT2D eigenvalue weighted by molar-refractivity contribution is 5.52. The highest BCUT2D eigenvalue weighted by atomic mass is 15.1. The summed E-state index contributed by atoms with van der Waals surface area (Å²) in [7, 11) is 0. The van der Waals surface area contributed by atoms with Crippen LogP contribution < -0.4 is 11.5 Å². The molecule has 0 bridgehead atoms. The molecule has 2 rings (SSSR count). The van der Waals surface area contributed by atoms with E-state index in [0.717, 1.165) is 5.69 Å². The van der Waals surface area contributed by atoms with Gasteiger partial charge in [-0.25, -0.2) is 9.97 Å². The van der Waals surface area contributed by atoms with E-state index in [1.54, 1.807) is 18.5 Å². The fourth-order valence-electron chi connectivity index (χ4n) is 1.01. The minimum absolute atomic E-state index is 0. The van der Waals surface area contributed by atoms with Gasteiger partial charge in [-0.15, -0.1) is 0 Å². The van der Waals surface area contributed by atoms with Crippen molar-refractivity contribution in [2.45, 2.75) is 0 Å². The molecule has 0 fully saturated rings. The first-order chi connectivity index (χ1) is 6.45. The fraction of sp³-hybridized carbons (Fsp3) is 0. The van der Waals surface area contributed by atoms with Gasteiger partial charge in [0, 0.05) is 18.1 Å². The Morgan fingerprint density at radius 2 is 1.50 bits per heavy atom. The lowest BCUT2D eigenvalue weighted by Crippen LogP contribution is -1.94. The number of para-hydroxylation sites is 1. The maximum Gasteiger partial charge on any atom is 0.227 e. The first-order valence-corrected chi connectivity index (χ1v) is 4.04. The van der Waals surface area contributed by atoms with Crippen LogP contribution >= 0.6 is 0 Å². The maximum atomic E-state index is 4.05. The minimum Gasteiger partial charge on any atom is -0.344 e. The molecule has 0 saturated carbocycles. The van der Waals surface area contributed by atoms with Crippen molar-refractivity contribution in [1.29, 1.82) is 0 Å². The Balaban J connectivity index is 0.000000980. The predicted molar refractivity (Wildman–Crippen MR) is 56.8 cm³/mol. The van der Waals surface area contributed by atoms with Crippen molar-refractivity contribution in [1.82, 2.24) is 16.1 Å². The first-order valence-electron chi connectivity index (χ1n) is 4.04. The molecule has 0 radical (unpaired) electrons. The molecule has 4 heteroatoms. The Hall–Kier alpha value is -1.94. The molecule has 0 unspecified atom stereocenters. The van der Waals surface area contributed by atoms with Gasteiger partial charge < -0.3 is 11.5 Å². The summed E-state index contributed by atoms with van der Waals surface area (Å²) in [6.45, 7) is 0. The topological polar surface area (TPSA) is 72.8 Å². The summed E-state index contributed by atoms with van der Waals surface area (Å²) >= 11 is 0. The third-order valence-electron chi connectivity index (χ3n) is 1.60. The molecule has 0 aliphatic carbocycles. The Kier molecular flexibility index (Phi) is 3.58. The molecule has 4 nitrogen and oxygen atoms in total. The lowest BCUT2D eigenvalue weighted by molar-refractivity contribution is 1.17. The summed E-state index contributed by atoms with van der Waals surface area (Å²) in [5, 5.41) is 3.08. The Labute approximate surface area is 82.6 Å². The van der Waals surface area contributed by atoms with Gasteiger partial charge >= 0.3 is 0 Å². The zero-order valence-electron chi connectivity index (χ0n) is 7.72. The van der Waals surface area contributed by atoms with Crippen LogP contribution in [0.1, 0.15) is 0 Å². The second-order valence-corrected chi connectivity index (χ2v) is 2.56. The number of nitrogens with zero attached hydrogens (tertiary/aromatic N) is 2. The van der Waals surface area contributed by atoms with E-state index >= 15 is 0 Å². The number of aromatic nitrogens is 2. The molecule has 1 aromatic heterocycles. The second-order valence-electron chi connectivity index (χ2n) is 2.56. The van der Waals surface area contributed by atoms with Gasteiger partial charge in [-0.05, 0) is 18.2 Å². The van der Waals surface area contributed by atoms with Gasteiger partial charge in [0.15, 0.2) is 0 Å². The molecule has 0 aliphatic rings. The van der Waals surface area contributed by atoms with Gasteiger partial charge in [-0.2, -0.15) is 0 Å². The van der Waals surface area contributed by atoms with E-state index in [0.29, 0.717) is 5.95 Å². The molecule has 0 spiro atoms. The summed E-state index contributed by atoms with van der Waals surface area (Å²) in [5.74, 6) is 0.619. The number of hydrogen-bond donors (Lipinski definition) is 2. The van der Waals surface area contributed by atoms with Crippen LogP contribution in [0, 0.1) is 0 Å². The van der Waals surface area contributed by atoms with Crippen molar-refractivity contribution < 1.29 is 0 Å². The van der Waals surface area contributed by atoms with E-state index in [4.69, 9.17) is 0 Å². The van der Waals surface area contributed by atoms with Crippen molar-refractivity contribution in [3.8, 4) is 0 Å². The van der Waals surface area contributed by atoms with Crippen molar-refractivity contribution >= 4 is 11.6 Å². The fourth-order valence-corrected chi connectivity index (χ4v) is 1.01. The molecule has 0 amide bonds. The number of anilines is 2. The molecule has 0 atom stereocenters. The zero-order valence-corrected chi connectivity index (χ0v) is 7.72. The average Bonchev–Trinajstić information content (AvgIpc) is 2.21. The summed E-state index contributed by atoms with van der Waals surface area (Å²) in [4.78, 5) is 8.10. The van der Waals surface area contributed by atoms with Crippen LogP contribution in [0.4, 0.5) is 11.6 Å². The number of nitrogens with one attached hydrogen (secondary N) is 1. The van der Waals surface area contributed by atoms with E-state index in [2.05, 4.69) is 15.3 Å². The van der Waals surface area contributed by atoms with Crippen molar-refractivity contribution in [3.63, 3.8) is 0 Å². The quantitative estimate of drug-likeness (QED) is 0.758. The highest BCUT2D eigenvalue weighted by Gasteiger charge is 1.92. The van der Waals surface area contributed by atoms with Gasteiger partial charge in [0.1, 0.15) is 0 Å².